The van der Waals surface area contributed by atoms with Crippen molar-refractivity contribution in [3.8, 4) is 0 Å². The zero-order chi connectivity index (χ0) is 28.5. The van der Waals surface area contributed by atoms with Crippen LogP contribution in [0.4, 0.5) is 19.0 Å². The molecule has 9 nitrogen and oxygen atoms in total. The number of unbranched alkanes of at least 4 members (excludes halogenated alkanes) is 1. The molecule has 2 aromatic heterocycles. The van der Waals surface area contributed by atoms with E-state index in [-0.39, 0.29) is 6.42 Å². The summed E-state index contributed by atoms with van der Waals surface area (Å²) in [6, 6.07) is 3.79. The van der Waals surface area contributed by atoms with Gasteiger partial charge >= 0.3 is 12.1 Å². The number of nitrogens with zero attached hydrogens (tertiary/aromatic N) is 3. The number of rotatable bonds is 15. The molecule has 12 heteroatoms. The van der Waals surface area contributed by atoms with E-state index in [1.165, 1.54) is 5.56 Å². The molecule has 2 aliphatic rings. The van der Waals surface area contributed by atoms with Gasteiger partial charge in [0.2, 0.25) is 0 Å². The smallest absolute Gasteiger partial charge is 0.418 e. The van der Waals surface area contributed by atoms with Gasteiger partial charge in [0, 0.05) is 37.7 Å². The van der Waals surface area contributed by atoms with Crippen molar-refractivity contribution in [2.75, 3.05) is 38.1 Å². The molecule has 0 spiro atoms. The molecule has 1 saturated carbocycles. The topological polar surface area (TPSA) is 117 Å². The summed E-state index contributed by atoms with van der Waals surface area (Å²) in [5.41, 5.74) is 0.407. The van der Waals surface area contributed by atoms with Gasteiger partial charge in [-0.2, -0.15) is 13.2 Å². The molecule has 0 aromatic carbocycles. The predicted octanol–water partition coefficient (Wildman–Crippen LogP) is 3.93. The molecule has 1 fully saturated rings. The van der Waals surface area contributed by atoms with Crippen LogP contribution in [0.25, 0.3) is 0 Å². The van der Waals surface area contributed by atoms with Gasteiger partial charge in [0.25, 0.3) is 5.91 Å². The van der Waals surface area contributed by atoms with Crippen molar-refractivity contribution >= 4 is 17.7 Å². The molecule has 1 atom stereocenters. The summed E-state index contributed by atoms with van der Waals surface area (Å²) in [4.78, 5) is 34.8. The number of ether oxygens (including phenoxy) is 1. The number of pyridine rings is 2. The number of aliphatic carboxylic acids is 1. The minimum Gasteiger partial charge on any atom is -0.480 e. The Labute approximate surface area is 231 Å². The van der Waals surface area contributed by atoms with Crippen molar-refractivity contribution in [2.45, 2.75) is 69.7 Å². The third kappa shape index (κ3) is 8.88. The molecule has 40 heavy (non-hydrogen) atoms. The quantitative estimate of drug-likeness (QED) is 0.279. The third-order valence-corrected chi connectivity index (χ3v) is 7.10. The van der Waals surface area contributed by atoms with Crippen LogP contribution >= 0.6 is 0 Å². The molecule has 2 aromatic rings. The molecule has 4 rings (SSSR count). The Hall–Kier alpha value is -3.25. The fourth-order valence-electron chi connectivity index (χ4n) is 4.69. The zero-order valence-corrected chi connectivity index (χ0v) is 22.4. The van der Waals surface area contributed by atoms with Gasteiger partial charge in [-0.1, -0.05) is 6.07 Å². The number of carbonyl (C=O) groups is 2. The maximum atomic E-state index is 13.3. The van der Waals surface area contributed by atoms with Gasteiger partial charge in [0.1, 0.15) is 11.9 Å². The third-order valence-electron chi connectivity index (χ3n) is 7.10. The molecule has 218 valence electrons. The van der Waals surface area contributed by atoms with Crippen LogP contribution in [0, 0.1) is 0 Å². The number of hydrogen-bond acceptors (Lipinski definition) is 7. The van der Waals surface area contributed by atoms with E-state index in [9.17, 15) is 27.9 Å². The Balaban J connectivity index is 1.30. The van der Waals surface area contributed by atoms with Gasteiger partial charge in [-0.05, 0) is 75.6 Å². The van der Waals surface area contributed by atoms with Gasteiger partial charge in [0.05, 0.1) is 23.8 Å². The first-order valence-corrected chi connectivity index (χ1v) is 13.8. The molecule has 1 amide bonds. The monoisotopic (exact) mass is 563 g/mol. The van der Waals surface area contributed by atoms with E-state index < -0.39 is 35.2 Å². The Kier molecular flexibility index (Phi) is 10.3. The summed E-state index contributed by atoms with van der Waals surface area (Å²) in [5.74, 6) is -1.44. The molecule has 0 saturated heterocycles. The van der Waals surface area contributed by atoms with Crippen LogP contribution in [0.15, 0.2) is 30.6 Å². The predicted molar refractivity (Wildman–Crippen MR) is 142 cm³/mol. The lowest BCUT2D eigenvalue weighted by Crippen LogP contribution is -2.44. The van der Waals surface area contributed by atoms with Gasteiger partial charge in [-0.15, -0.1) is 0 Å². The number of fused-ring (bicyclic) bond motifs is 1. The summed E-state index contributed by atoms with van der Waals surface area (Å²) >= 11 is 0. The van der Waals surface area contributed by atoms with Gasteiger partial charge in [0.15, 0.2) is 0 Å². The maximum Gasteiger partial charge on any atom is 0.418 e. The average molecular weight is 564 g/mol. The summed E-state index contributed by atoms with van der Waals surface area (Å²) in [6.45, 7) is 3.08. The van der Waals surface area contributed by atoms with E-state index in [1.54, 1.807) is 0 Å². The van der Waals surface area contributed by atoms with E-state index >= 15 is 0 Å². The van der Waals surface area contributed by atoms with Crippen LogP contribution in [-0.2, 0) is 28.5 Å². The van der Waals surface area contributed by atoms with Crippen LogP contribution in [0.3, 0.4) is 0 Å². The van der Waals surface area contributed by atoms with Gasteiger partial charge < -0.3 is 25.4 Å². The number of carboxylic acids is 1. The molecule has 0 unspecified atom stereocenters. The summed E-state index contributed by atoms with van der Waals surface area (Å²) in [7, 11) is 0. The minimum absolute atomic E-state index is 0.0367. The highest BCUT2D eigenvalue weighted by atomic mass is 19.4. The largest absolute Gasteiger partial charge is 0.480 e. The van der Waals surface area contributed by atoms with Crippen LogP contribution in [0.2, 0.25) is 0 Å². The summed E-state index contributed by atoms with van der Waals surface area (Å²) < 4.78 is 45.7. The van der Waals surface area contributed by atoms with Gasteiger partial charge in [-0.25, -0.2) is 9.78 Å². The van der Waals surface area contributed by atoms with E-state index in [0.717, 1.165) is 75.3 Å². The lowest BCUT2D eigenvalue weighted by atomic mass is 10.1. The molecule has 3 N–H and O–H groups in total. The molecule has 0 radical (unpaired) electrons. The number of amides is 1. The molecule has 1 aliphatic carbocycles. The summed E-state index contributed by atoms with van der Waals surface area (Å²) in [6.07, 6.45) is 3.98. The standard InChI is InChI=1S/C28H36F3N5O4/c29-28(30,31)23-18-32-13-10-22(23)26(37)35-24(27(38)39)11-15-36(16-17-40-21-8-9-21)14-2-1-5-20-7-6-19-4-3-12-33-25(19)34-20/h6-7,10,13,18,21,24H,1-5,8-9,11-12,14-17H2,(H,33,34)(H,35,37)(H,38,39)/t24-/m0/s1. The highest BCUT2D eigenvalue weighted by Gasteiger charge is 2.36. The van der Waals surface area contributed by atoms with E-state index in [1.807, 2.05) is 0 Å². The first-order valence-electron chi connectivity index (χ1n) is 13.8. The summed E-state index contributed by atoms with van der Waals surface area (Å²) in [5, 5.41) is 15.3. The Morgan fingerprint density at radius 3 is 2.75 bits per heavy atom. The molecular weight excluding hydrogens is 527 g/mol. The number of anilines is 1. The number of halogens is 3. The van der Waals surface area contributed by atoms with Crippen LogP contribution in [-0.4, -0.2) is 76.8 Å². The lowest BCUT2D eigenvalue weighted by molar-refractivity contribution is -0.139. The second-order valence-corrected chi connectivity index (χ2v) is 10.3. The number of aryl methyl sites for hydroxylation is 2. The minimum atomic E-state index is -4.79. The highest BCUT2D eigenvalue weighted by molar-refractivity contribution is 5.97. The fraction of sp³-hybridized carbons (Fsp3) is 0.571. The number of hydrogen-bond donors (Lipinski definition) is 3. The van der Waals surface area contributed by atoms with E-state index in [0.29, 0.717) is 38.5 Å². The molecule has 1 aliphatic heterocycles. The molecule has 0 bridgehead atoms. The fourth-order valence-corrected chi connectivity index (χ4v) is 4.69. The number of carboxylic acid groups (broad SMARTS) is 1. The SMILES string of the molecule is O=C(N[C@@H](CCN(CCCCc1ccc2c(n1)NCCC2)CCOC1CC1)C(=O)O)c1ccncc1C(F)(F)F. The Bertz CT molecular complexity index is 1160. The van der Waals surface area contributed by atoms with Crippen molar-refractivity contribution in [1.29, 1.82) is 0 Å². The number of aromatic nitrogens is 2. The number of carbonyl (C=O) groups excluding carboxylic acids is 1. The highest BCUT2D eigenvalue weighted by Crippen LogP contribution is 2.31. The molecule has 3 heterocycles. The van der Waals surface area contributed by atoms with Crippen molar-refractivity contribution in [3.05, 3.63) is 53.0 Å². The van der Waals surface area contributed by atoms with Crippen molar-refractivity contribution in [2.24, 2.45) is 0 Å². The maximum absolute atomic E-state index is 13.3. The van der Waals surface area contributed by atoms with Crippen LogP contribution in [0.5, 0.6) is 0 Å². The Morgan fingerprint density at radius 1 is 1.18 bits per heavy atom. The first kappa shape index (κ1) is 29.7. The first-order chi connectivity index (χ1) is 19.2. The van der Waals surface area contributed by atoms with Crippen molar-refractivity contribution in [3.63, 3.8) is 0 Å². The average Bonchev–Trinajstić information content (AvgIpc) is 3.76. The van der Waals surface area contributed by atoms with Crippen molar-refractivity contribution < 1.29 is 32.6 Å². The second kappa shape index (κ2) is 13.9. The Morgan fingerprint density at radius 2 is 2.00 bits per heavy atom. The van der Waals surface area contributed by atoms with E-state index in [2.05, 4.69) is 32.7 Å². The van der Waals surface area contributed by atoms with Crippen molar-refractivity contribution in [1.82, 2.24) is 20.2 Å². The molecular formula is C28H36F3N5O4. The lowest BCUT2D eigenvalue weighted by Gasteiger charge is -2.24. The number of alkyl halides is 3. The number of nitrogens with one attached hydrogen (secondary N) is 2. The zero-order valence-electron chi connectivity index (χ0n) is 22.4. The van der Waals surface area contributed by atoms with Crippen LogP contribution < -0.4 is 10.6 Å². The second-order valence-electron chi connectivity index (χ2n) is 10.3. The normalized spacial score (nSPS) is 15.8. The van der Waals surface area contributed by atoms with Crippen LogP contribution in [0.1, 0.15) is 65.7 Å². The van der Waals surface area contributed by atoms with Gasteiger partial charge in [-0.3, -0.25) is 9.78 Å². The van der Waals surface area contributed by atoms with E-state index in [4.69, 9.17) is 9.72 Å².